The van der Waals surface area contributed by atoms with Gasteiger partial charge < -0.3 is 15.2 Å². The molecule has 0 saturated heterocycles. The zero-order valence-electron chi connectivity index (χ0n) is 15.8. The zero-order chi connectivity index (χ0) is 21.6. The second-order valence-electron chi connectivity index (χ2n) is 7.06. The minimum Gasteiger partial charge on any atom is -0.442 e. The van der Waals surface area contributed by atoms with Gasteiger partial charge in [-0.15, -0.1) is 5.10 Å². The molecule has 6 nitrogen and oxygen atoms in total. The number of ether oxygens (including phenoxy) is 1. The first-order chi connectivity index (χ1) is 14.3. The molecule has 158 valence electrons. The van der Waals surface area contributed by atoms with E-state index in [9.17, 15) is 27.5 Å². The number of nitrogens with zero attached hydrogens (tertiary/aromatic N) is 2. The van der Waals surface area contributed by atoms with Gasteiger partial charge in [0.2, 0.25) is 17.5 Å². The Bertz CT molecular complexity index is 1060. The average Bonchev–Trinajstić information content (AvgIpc) is 3.09. The first-order valence-corrected chi connectivity index (χ1v) is 9.16. The number of nitrogens with one attached hydrogen (secondary N) is 1. The summed E-state index contributed by atoms with van der Waals surface area (Å²) in [6.45, 7) is 1.000. The second-order valence-corrected chi connectivity index (χ2v) is 7.06. The van der Waals surface area contributed by atoms with Gasteiger partial charge in [-0.25, -0.2) is 17.6 Å². The molecule has 2 aromatic carbocycles. The summed E-state index contributed by atoms with van der Waals surface area (Å²) in [6, 6.07) is 4.46. The van der Waals surface area contributed by atoms with Crippen molar-refractivity contribution in [2.45, 2.75) is 19.1 Å². The van der Waals surface area contributed by atoms with Gasteiger partial charge in [0.1, 0.15) is 11.6 Å². The molecule has 0 bridgehead atoms. The largest absolute Gasteiger partial charge is 0.442 e. The van der Waals surface area contributed by atoms with E-state index >= 15 is 0 Å². The van der Waals surface area contributed by atoms with Crippen molar-refractivity contribution in [1.29, 1.82) is 0 Å². The Balaban J connectivity index is 1.93. The fourth-order valence-corrected chi connectivity index (χ4v) is 3.91. The van der Waals surface area contributed by atoms with Crippen LogP contribution in [0.25, 0.3) is 0 Å². The van der Waals surface area contributed by atoms with E-state index in [0.29, 0.717) is 0 Å². The average molecular weight is 423 g/mol. The number of fused-ring (bicyclic) bond motifs is 2. The molecule has 4 rings (SSSR count). The van der Waals surface area contributed by atoms with E-state index in [4.69, 9.17) is 4.74 Å². The van der Waals surface area contributed by atoms with Crippen molar-refractivity contribution in [1.82, 2.24) is 5.01 Å². The first-order valence-electron chi connectivity index (χ1n) is 9.16. The molecule has 2 aliphatic heterocycles. The van der Waals surface area contributed by atoms with Crippen LogP contribution in [0, 0.1) is 29.2 Å². The fourth-order valence-electron chi connectivity index (χ4n) is 3.91. The van der Waals surface area contributed by atoms with Crippen molar-refractivity contribution >= 4 is 17.5 Å². The van der Waals surface area contributed by atoms with E-state index in [1.165, 1.54) is 6.92 Å². The number of carbonyl (C=O) groups is 1. The molecule has 0 saturated carbocycles. The lowest BCUT2D eigenvalue weighted by Crippen LogP contribution is -2.54. The summed E-state index contributed by atoms with van der Waals surface area (Å²) >= 11 is 0. The summed E-state index contributed by atoms with van der Waals surface area (Å²) in [6.07, 6.45) is 0.101. The Kier molecular flexibility index (Phi) is 4.89. The number of anilines is 1. The van der Waals surface area contributed by atoms with Gasteiger partial charge >= 0.3 is 0 Å². The smallest absolute Gasteiger partial charge is 0.244 e. The molecule has 2 atom stereocenters. The maximum Gasteiger partial charge on any atom is 0.244 e. The lowest BCUT2D eigenvalue weighted by molar-refractivity contribution is -0.161. The van der Waals surface area contributed by atoms with Crippen LogP contribution >= 0.6 is 0 Å². The summed E-state index contributed by atoms with van der Waals surface area (Å²) < 4.78 is 62.1. The number of hydrogen-bond acceptors (Lipinski definition) is 5. The molecule has 0 aliphatic carbocycles. The molecule has 1 amide bonds. The van der Waals surface area contributed by atoms with Gasteiger partial charge in [-0.2, -0.15) is 5.01 Å². The number of amides is 1. The molecule has 10 heteroatoms. The topological polar surface area (TPSA) is 74.2 Å². The van der Waals surface area contributed by atoms with Crippen LogP contribution in [-0.2, 0) is 15.3 Å². The van der Waals surface area contributed by atoms with Gasteiger partial charge in [0, 0.05) is 43.3 Å². The van der Waals surface area contributed by atoms with Gasteiger partial charge in [-0.1, -0.05) is 0 Å². The number of aliphatic hydroxyl groups is 1. The van der Waals surface area contributed by atoms with Gasteiger partial charge in [0.15, 0.2) is 11.6 Å². The number of rotatable bonds is 3. The monoisotopic (exact) mass is 423 g/mol. The Labute approximate surface area is 168 Å². The summed E-state index contributed by atoms with van der Waals surface area (Å²) in [5.41, 5.74) is -1.90. The predicted molar refractivity (Wildman–Crippen MR) is 98.2 cm³/mol. The summed E-state index contributed by atoms with van der Waals surface area (Å²) in [4.78, 5) is 12.5. The van der Waals surface area contributed by atoms with E-state index in [1.807, 2.05) is 0 Å². The quantitative estimate of drug-likeness (QED) is 0.745. The Morgan fingerprint density at radius 3 is 2.67 bits per heavy atom. The highest BCUT2D eigenvalue weighted by atomic mass is 19.2. The van der Waals surface area contributed by atoms with Gasteiger partial charge in [0.25, 0.3) is 0 Å². The molecule has 2 heterocycles. The van der Waals surface area contributed by atoms with E-state index in [-0.39, 0.29) is 42.3 Å². The highest BCUT2D eigenvalue weighted by molar-refractivity contribution is 5.97. The maximum absolute atomic E-state index is 14.4. The molecular weight excluding hydrogens is 406 g/mol. The summed E-state index contributed by atoms with van der Waals surface area (Å²) in [7, 11) is 0. The summed E-state index contributed by atoms with van der Waals surface area (Å²) in [5.74, 6) is -5.56. The number of benzene rings is 2. The molecule has 1 spiro atoms. The standard InChI is InChI=1S/C20H17F4N3O3/c1-10(29)27-20(30-19(26-27)13-6-12(21)2-3-15(13)22)11(4-5-28)9-25-18-8-17(24)16(23)7-14(18)20/h2-3,6-8,11,25,28H,4-5,9H2,1H3. The molecule has 2 aliphatic rings. The highest BCUT2D eigenvalue weighted by Gasteiger charge is 2.57. The van der Waals surface area contributed by atoms with Crippen molar-refractivity contribution in [3.63, 3.8) is 0 Å². The number of carbonyl (C=O) groups excluding carboxylic acids is 1. The van der Waals surface area contributed by atoms with E-state index in [0.717, 1.165) is 35.3 Å². The molecule has 2 N–H and O–H groups in total. The number of aliphatic hydroxyl groups excluding tert-OH is 1. The summed E-state index contributed by atoms with van der Waals surface area (Å²) in [5, 5.41) is 17.4. The molecule has 0 aromatic heterocycles. The van der Waals surface area contributed by atoms with Crippen LogP contribution in [0.1, 0.15) is 24.5 Å². The molecule has 0 radical (unpaired) electrons. The fraction of sp³-hybridized carbons (Fsp3) is 0.300. The first kappa shape index (κ1) is 20.1. The molecule has 0 fully saturated rings. The minimum atomic E-state index is -1.78. The second kappa shape index (κ2) is 7.28. The molecule has 2 aromatic rings. The van der Waals surface area contributed by atoms with E-state index < -0.39 is 40.8 Å². The van der Waals surface area contributed by atoms with Crippen LogP contribution < -0.4 is 5.32 Å². The minimum absolute atomic E-state index is 0.0526. The van der Waals surface area contributed by atoms with Crippen molar-refractivity contribution in [2.24, 2.45) is 11.0 Å². The lowest BCUT2D eigenvalue weighted by atomic mass is 9.81. The van der Waals surface area contributed by atoms with E-state index in [2.05, 4.69) is 10.4 Å². The third-order valence-electron chi connectivity index (χ3n) is 5.23. The van der Waals surface area contributed by atoms with Gasteiger partial charge in [0.05, 0.1) is 5.56 Å². The Hall–Kier alpha value is -3.14. The van der Waals surface area contributed by atoms with E-state index in [1.54, 1.807) is 0 Å². The third kappa shape index (κ3) is 2.98. The molecule has 2 unspecified atom stereocenters. The van der Waals surface area contributed by atoms with Crippen LogP contribution in [0.15, 0.2) is 35.4 Å². The SMILES string of the molecule is CC(=O)N1N=C(c2cc(F)ccc2F)OC12c1cc(F)c(F)cc1NCC2CCO. The van der Waals surface area contributed by atoms with Crippen LogP contribution in [-0.4, -0.2) is 35.1 Å². The normalized spacial score (nSPS) is 22.4. The predicted octanol–water partition coefficient (Wildman–Crippen LogP) is 3.06. The zero-order valence-corrected chi connectivity index (χ0v) is 15.8. The van der Waals surface area contributed by atoms with Crippen molar-refractivity contribution in [3.8, 4) is 0 Å². The molecular formula is C20H17F4N3O3. The number of hydrazone groups is 1. The molecule has 30 heavy (non-hydrogen) atoms. The van der Waals surface area contributed by atoms with Crippen LogP contribution in [0.2, 0.25) is 0 Å². The van der Waals surface area contributed by atoms with Crippen LogP contribution in [0.3, 0.4) is 0 Å². The van der Waals surface area contributed by atoms with Crippen molar-refractivity contribution in [3.05, 3.63) is 64.7 Å². The number of hydrogen-bond donors (Lipinski definition) is 2. The van der Waals surface area contributed by atoms with Crippen molar-refractivity contribution < 1.29 is 32.2 Å². The Morgan fingerprint density at radius 2 is 1.97 bits per heavy atom. The van der Waals surface area contributed by atoms with Gasteiger partial charge in [-0.05, 0) is 30.7 Å². The Morgan fingerprint density at radius 1 is 1.23 bits per heavy atom. The highest BCUT2D eigenvalue weighted by Crippen LogP contribution is 2.49. The van der Waals surface area contributed by atoms with Crippen molar-refractivity contribution in [2.75, 3.05) is 18.5 Å². The lowest BCUT2D eigenvalue weighted by Gasteiger charge is -2.45. The van der Waals surface area contributed by atoms with Crippen LogP contribution in [0.5, 0.6) is 0 Å². The van der Waals surface area contributed by atoms with Crippen LogP contribution in [0.4, 0.5) is 23.2 Å². The third-order valence-corrected chi connectivity index (χ3v) is 5.23. The number of halogens is 4. The maximum atomic E-state index is 14.4. The van der Waals surface area contributed by atoms with Gasteiger partial charge in [-0.3, -0.25) is 4.79 Å².